The number of carbonyl (C=O) groups excluding carboxylic acids is 2. The zero-order chi connectivity index (χ0) is 20.4. The Morgan fingerprint density at radius 1 is 1.07 bits per heavy atom. The molecule has 0 heterocycles. The Hall–Kier alpha value is -3.02. The van der Waals surface area contributed by atoms with Gasteiger partial charge in [-0.05, 0) is 62.6 Å². The van der Waals surface area contributed by atoms with E-state index in [-0.39, 0.29) is 18.0 Å². The maximum absolute atomic E-state index is 12.0. The molecule has 0 fully saturated rings. The highest BCUT2D eigenvalue weighted by Crippen LogP contribution is 2.13. The van der Waals surface area contributed by atoms with Crippen molar-refractivity contribution in [2.75, 3.05) is 11.9 Å². The zero-order valence-electron chi connectivity index (χ0n) is 16.7. The Morgan fingerprint density at radius 3 is 2.50 bits per heavy atom. The first-order valence-electron chi connectivity index (χ1n) is 9.55. The van der Waals surface area contributed by atoms with Gasteiger partial charge in [-0.3, -0.25) is 4.79 Å². The van der Waals surface area contributed by atoms with Crippen LogP contribution in [0.15, 0.2) is 48.5 Å². The highest BCUT2D eigenvalue weighted by Gasteiger charge is 2.05. The van der Waals surface area contributed by atoms with Gasteiger partial charge in [-0.2, -0.15) is 0 Å². The lowest BCUT2D eigenvalue weighted by atomic mass is 10.2. The van der Waals surface area contributed by atoms with E-state index in [1.165, 1.54) is 0 Å². The van der Waals surface area contributed by atoms with E-state index in [9.17, 15) is 9.59 Å². The number of aryl methyl sites for hydroxylation is 1. The Labute approximate surface area is 166 Å². The van der Waals surface area contributed by atoms with Crippen molar-refractivity contribution in [3.8, 4) is 5.75 Å². The molecule has 2 aromatic rings. The number of rotatable bonds is 9. The van der Waals surface area contributed by atoms with E-state index in [4.69, 9.17) is 4.74 Å². The lowest BCUT2D eigenvalue weighted by Gasteiger charge is -2.11. The van der Waals surface area contributed by atoms with Crippen LogP contribution in [0.5, 0.6) is 5.75 Å². The fourth-order valence-electron chi connectivity index (χ4n) is 2.55. The van der Waals surface area contributed by atoms with Gasteiger partial charge in [0.15, 0.2) is 0 Å². The van der Waals surface area contributed by atoms with Gasteiger partial charge in [0.2, 0.25) is 5.91 Å². The standard InChI is InChI=1S/C22H29N3O3/c1-16(2)24-22(27)25-19-11-9-18(10-12-19)15-23-21(26)8-5-13-28-20-7-4-6-17(3)14-20/h4,6-7,9-12,14,16H,5,8,13,15H2,1-3H3,(H,23,26)(H2,24,25,27). The van der Waals surface area contributed by atoms with Gasteiger partial charge >= 0.3 is 6.03 Å². The molecule has 2 aromatic carbocycles. The van der Waals surface area contributed by atoms with Gasteiger partial charge in [0.25, 0.3) is 0 Å². The minimum absolute atomic E-state index is 0.00800. The molecule has 0 spiro atoms. The summed E-state index contributed by atoms with van der Waals surface area (Å²) < 4.78 is 5.65. The summed E-state index contributed by atoms with van der Waals surface area (Å²) in [5.41, 5.74) is 2.83. The van der Waals surface area contributed by atoms with Crippen LogP contribution in [-0.4, -0.2) is 24.6 Å². The number of benzene rings is 2. The van der Waals surface area contributed by atoms with Crippen molar-refractivity contribution in [1.29, 1.82) is 0 Å². The Bertz CT molecular complexity index is 773. The van der Waals surface area contributed by atoms with Gasteiger partial charge in [0.05, 0.1) is 6.61 Å². The van der Waals surface area contributed by atoms with E-state index in [0.29, 0.717) is 31.7 Å². The van der Waals surface area contributed by atoms with E-state index >= 15 is 0 Å². The first-order valence-corrected chi connectivity index (χ1v) is 9.55. The fourth-order valence-corrected chi connectivity index (χ4v) is 2.55. The lowest BCUT2D eigenvalue weighted by molar-refractivity contribution is -0.121. The van der Waals surface area contributed by atoms with Crippen LogP contribution in [-0.2, 0) is 11.3 Å². The zero-order valence-corrected chi connectivity index (χ0v) is 16.7. The van der Waals surface area contributed by atoms with Crippen LogP contribution in [0.1, 0.15) is 37.8 Å². The summed E-state index contributed by atoms with van der Waals surface area (Å²) in [5.74, 6) is 0.822. The molecule has 0 atom stereocenters. The predicted octanol–water partition coefficient (Wildman–Crippen LogP) is 4.00. The van der Waals surface area contributed by atoms with Gasteiger partial charge in [-0.1, -0.05) is 24.3 Å². The van der Waals surface area contributed by atoms with Gasteiger partial charge < -0.3 is 20.7 Å². The third kappa shape index (κ3) is 8.12. The van der Waals surface area contributed by atoms with E-state index in [0.717, 1.165) is 16.9 Å². The van der Waals surface area contributed by atoms with Crippen molar-refractivity contribution in [2.45, 2.75) is 46.2 Å². The molecule has 150 valence electrons. The molecule has 0 bridgehead atoms. The molecule has 0 saturated carbocycles. The minimum atomic E-state index is -0.232. The van der Waals surface area contributed by atoms with Crippen LogP contribution in [0.25, 0.3) is 0 Å². The first-order chi connectivity index (χ1) is 13.4. The van der Waals surface area contributed by atoms with E-state index < -0.39 is 0 Å². The molecule has 0 radical (unpaired) electrons. The summed E-state index contributed by atoms with van der Waals surface area (Å²) in [6, 6.07) is 15.1. The van der Waals surface area contributed by atoms with Crippen LogP contribution in [0.4, 0.5) is 10.5 Å². The van der Waals surface area contributed by atoms with Gasteiger partial charge in [-0.15, -0.1) is 0 Å². The monoisotopic (exact) mass is 383 g/mol. The number of carbonyl (C=O) groups is 2. The van der Waals surface area contributed by atoms with Gasteiger partial charge in [0.1, 0.15) is 5.75 Å². The number of hydrogen-bond donors (Lipinski definition) is 3. The Kier molecular flexibility index (Phi) is 8.34. The molecule has 3 N–H and O–H groups in total. The molecule has 0 aromatic heterocycles. The van der Waals surface area contributed by atoms with Gasteiger partial charge in [-0.25, -0.2) is 4.79 Å². The van der Waals surface area contributed by atoms with Crippen LogP contribution >= 0.6 is 0 Å². The second-order valence-corrected chi connectivity index (χ2v) is 7.00. The normalized spacial score (nSPS) is 10.4. The summed E-state index contributed by atoms with van der Waals surface area (Å²) in [7, 11) is 0. The Morgan fingerprint density at radius 2 is 1.82 bits per heavy atom. The van der Waals surface area contributed by atoms with Crippen molar-refractivity contribution in [3.63, 3.8) is 0 Å². The lowest BCUT2D eigenvalue weighted by Crippen LogP contribution is -2.34. The molecule has 0 aliphatic rings. The highest BCUT2D eigenvalue weighted by atomic mass is 16.5. The predicted molar refractivity (Wildman–Crippen MR) is 111 cm³/mol. The molecule has 0 unspecified atom stereocenters. The summed E-state index contributed by atoms with van der Waals surface area (Å²) in [6.07, 6.45) is 1.08. The molecule has 3 amide bonds. The number of urea groups is 1. The van der Waals surface area contributed by atoms with Crippen molar-refractivity contribution in [3.05, 3.63) is 59.7 Å². The quantitative estimate of drug-likeness (QED) is 0.573. The third-order valence-corrected chi connectivity index (χ3v) is 3.93. The summed E-state index contributed by atoms with van der Waals surface area (Å²) in [5, 5.41) is 8.43. The van der Waals surface area contributed by atoms with Crippen LogP contribution in [0, 0.1) is 6.92 Å². The third-order valence-electron chi connectivity index (χ3n) is 3.93. The molecule has 6 heteroatoms. The van der Waals surface area contributed by atoms with E-state index in [1.54, 1.807) is 0 Å². The minimum Gasteiger partial charge on any atom is -0.494 e. The van der Waals surface area contributed by atoms with Crippen molar-refractivity contribution in [1.82, 2.24) is 10.6 Å². The smallest absolute Gasteiger partial charge is 0.319 e. The fraction of sp³-hybridized carbons (Fsp3) is 0.364. The summed E-state index contributed by atoms with van der Waals surface area (Å²) >= 11 is 0. The molecular formula is C22H29N3O3. The van der Waals surface area contributed by atoms with Crippen molar-refractivity contribution < 1.29 is 14.3 Å². The molecule has 0 aliphatic carbocycles. The molecular weight excluding hydrogens is 354 g/mol. The molecule has 0 saturated heterocycles. The van der Waals surface area contributed by atoms with Crippen LogP contribution < -0.4 is 20.7 Å². The number of hydrogen-bond acceptors (Lipinski definition) is 3. The summed E-state index contributed by atoms with van der Waals surface area (Å²) in [4.78, 5) is 23.6. The average Bonchev–Trinajstić information content (AvgIpc) is 2.64. The van der Waals surface area contributed by atoms with Crippen LogP contribution in [0.3, 0.4) is 0 Å². The maximum Gasteiger partial charge on any atom is 0.319 e. The second-order valence-electron chi connectivity index (χ2n) is 7.00. The highest BCUT2D eigenvalue weighted by molar-refractivity contribution is 5.89. The van der Waals surface area contributed by atoms with Gasteiger partial charge in [0, 0.05) is 24.7 Å². The molecule has 2 rings (SSSR count). The number of nitrogens with one attached hydrogen (secondary N) is 3. The SMILES string of the molecule is Cc1cccc(OCCCC(=O)NCc2ccc(NC(=O)NC(C)C)cc2)c1. The summed E-state index contributed by atoms with van der Waals surface area (Å²) in [6.45, 7) is 6.79. The van der Waals surface area contributed by atoms with E-state index in [2.05, 4.69) is 16.0 Å². The largest absolute Gasteiger partial charge is 0.494 e. The van der Waals surface area contributed by atoms with E-state index in [1.807, 2.05) is 69.3 Å². The van der Waals surface area contributed by atoms with Crippen molar-refractivity contribution in [2.24, 2.45) is 0 Å². The Balaban J connectivity index is 1.64. The topological polar surface area (TPSA) is 79.5 Å². The second kappa shape index (κ2) is 11.0. The number of amides is 3. The maximum atomic E-state index is 12.0. The number of anilines is 1. The molecule has 28 heavy (non-hydrogen) atoms. The first kappa shape index (κ1) is 21.3. The average molecular weight is 383 g/mol. The van der Waals surface area contributed by atoms with Crippen molar-refractivity contribution >= 4 is 17.6 Å². The molecule has 6 nitrogen and oxygen atoms in total. The van der Waals surface area contributed by atoms with Crippen LogP contribution in [0.2, 0.25) is 0 Å². The molecule has 0 aliphatic heterocycles. The number of ether oxygens (including phenoxy) is 1.